The normalized spacial score (nSPS) is 15.2. The van der Waals surface area contributed by atoms with Gasteiger partial charge in [-0.15, -0.1) is 0 Å². The van der Waals surface area contributed by atoms with E-state index in [0.717, 1.165) is 0 Å². The number of hydrogen-bond donors (Lipinski definition) is 0. The zero-order chi connectivity index (χ0) is 14.1. The molecule has 0 aromatic rings. The third-order valence-electron chi connectivity index (χ3n) is 4.81. The molecular formula is C14H34OTi2. The van der Waals surface area contributed by atoms with Crippen LogP contribution in [0.4, 0.5) is 0 Å². The summed E-state index contributed by atoms with van der Waals surface area (Å²) in [5, 5.41) is 4.98. The average molecular weight is 314 g/mol. The Kier molecular flexibility index (Phi) is 6.27. The van der Waals surface area contributed by atoms with Gasteiger partial charge in [-0.2, -0.15) is 0 Å². The van der Waals surface area contributed by atoms with Gasteiger partial charge in [-0.1, -0.05) is 0 Å². The van der Waals surface area contributed by atoms with Gasteiger partial charge in [0.05, 0.1) is 0 Å². The molecule has 0 aliphatic heterocycles. The van der Waals surface area contributed by atoms with Gasteiger partial charge >= 0.3 is 119 Å². The third-order valence-corrected chi connectivity index (χ3v) is 25.6. The van der Waals surface area contributed by atoms with E-state index in [2.05, 4.69) is 65.8 Å². The van der Waals surface area contributed by atoms with Crippen LogP contribution in [0.25, 0.3) is 0 Å². The van der Waals surface area contributed by atoms with Gasteiger partial charge in [0.25, 0.3) is 0 Å². The van der Waals surface area contributed by atoms with Crippen molar-refractivity contribution in [2.24, 2.45) is 0 Å². The summed E-state index contributed by atoms with van der Waals surface area (Å²) in [5.41, 5.74) is 0. The molecule has 0 fully saturated rings. The Morgan fingerprint density at radius 2 is 1.06 bits per heavy atom. The maximum absolute atomic E-state index is 7.03. The van der Waals surface area contributed by atoms with Crippen molar-refractivity contribution in [3.8, 4) is 0 Å². The molecule has 0 saturated carbocycles. The summed E-state index contributed by atoms with van der Waals surface area (Å²) in [6.45, 7) is 19.0. The molecule has 104 valence electrons. The molecule has 0 unspecified atom stereocenters. The van der Waals surface area contributed by atoms with Gasteiger partial charge in [-0.05, 0) is 0 Å². The second kappa shape index (κ2) is 5.80. The molecule has 0 rings (SSSR count). The quantitative estimate of drug-likeness (QED) is 0.535. The van der Waals surface area contributed by atoms with Crippen molar-refractivity contribution >= 4 is 0 Å². The molecule has 0 aliphatic carbocycles. The second-order valence-corrected chi connectivity index (χ2v) is 24.1. The van der Waals surface area contributed by atoms with E-state index in [1.54, 1.807) is 0 Å². The van der Waals surface area contributed by atoms with Crippen LogP contribution >= 0.6 is 0 Å². The fourth-order valence-corrected chi connectivity index (χ4v) is 21.7. The van der Waals surface area contributed by atoms with Crippen LogP contribution in [0.5, 0.6) is 0 Å². The molecule has 0 spiro atoms. The van der Waals surface area contributed by atoms with Crippen molar-refractivity contribution in [3.05, 3.63) is 0 Å². The molecule has 17 heavy (non-hydrogen) atoms. The van der Waals surface area contributed by atoms with Crippen LogP contribution in [0.2, 0.25) is 27.3 Å². The molecule has 0 aromatic heterocycles. The zero-order valence-electron chi connectivity index (χ0n) is 13.8. The first-order chi connectivity index (χ1) is 7.33. The number of rotatable bonds is 4. The molecule has 0 saturated heterocycles. The minimum absolute atomic E-state index is 0.356. The Bertz CT molecular complexity index is 230. The fourth-order valence-electron chi connectivity index (χ4n) is 2.32. The van der Waals surface area contributed by atoms with E-state index in [0.29, 0.717) is 7.44 Å². The van der Waals surface area contributed by atoms with Crippen molar-refractivity contribution in [1.29, 1.82) is 0 Å². The molecule has 0 heterocycles. The summed E-state index contributed by atoms with van der Waals surface area (Å²) >= 11 is -4.34. The zero-order valence-corrected chi connectivity index (χ0v) is 16.9. The van der Waals surface area contributed by atoms with Crippen LogP contribution in [0, 0.1) is 0 Å². The molecule has 0 N–H and O–H groups in total. The molecule has 0 amide bonds. The van der Waals surface area contributed by atoms with Gasteiger partial charge in [-0.3, -0.25) is 0 Å². The Morgan fingerprint density at radius 3 is 1.24 bits per heavy atom. The van der Waals surface area contributed by atoms with Crippen molar-refractivity contribution in [1.82, 2.24) is 0 Å². The van der Waals surface area contributed by atoms with E-state index in [-0.39, 0.29) is 0 Å². The van der Waals surface area contributed by atoms with Gasteiger partial charge in [-0.25, -0.2) is 0 Å². The van der Waals surface area contributed by atoms with E-state index in [1.165, 1.54) is 9.45 Å². The van der Waals surface area contributed by atoms with Crippen molar-refractivity contribution in [2.45, 2.75) is 82.7 Å². The predicted molar refractivity (Wildman–Crippen MR) is 73.2 cm³/mol. The molecule has 1 nitrogen and oxygen atoms in total. The molecule has 0 radical (unpaired) electrons. The van der Waals surface area contributed by atoms with E-state index in [9.17, 15) is 0 Å². The van der Waals surface area contributed by atoms with Crippen LogP contribution in [0.1, 0.15) is 55.4 Å². The van der Waals surface area contributed by atoms with Crippen LogP contribution in [-0.4, -0.2) is 0 Å². The summed E-state index contributed by atoms with van der Waals surface area (Å²) in [6, 6.07) is 0. The van der Waals surface area contributed by atoms with Gasteiger partial charge < -0.3 is 0 Å². The molecule has 0 atom stereocenters. The Hall–Kier alpha value is 1.39. The summed E-state index contributed by atoms with van der Waals surface area (Å²) in [7, 11) is 0. The number of hydrogen-bond acceptors (Lipinski definition) is 1. The van der Waals surface area contributed by atoms with E-state index in [1.807, 2.05) is 0 Å². The van der Waals surface area contributed by atoms with Crippen molar-refractivity contribution in [2.75, 3.05) is 0 Å². The van der Waals surface area contributed by atoms with E-state index < -0.39 is 34.0 Å². The molecule has 0 bridgehead atoms. The first kappa shape index (κ1) is 18.4. The monoisotopic (exact) mass is 314 g/mol. The first-order valence-electron chi connectivity index (χ1n) is 7.03. The van der Waals surface area contributed by atoms with Crippen molar-refractivity contribution in [3.63, 3.8) is 0 Å². The maximum atomic E-state index is 7.03. The standard InChI is InChI=1S/2C4H9.2C2H5.2CH3.O.2Ti/c2*1-4(2)3;2*1-2;;;;;/h2*1-3H3;2*1H2,2H3;2*1H3;;;. The average Bonchev–Trinajstić information content (AvgIpc) is 2.14. The predicted octanol–water partition coefficient (Wildman–Crippen LogP) is 6.55. The first-order valence-corrected chi connectivity index (χ1v) is 15.2. The SMILES string of the molecule is C[CH2][Ti]([CH3])([CH2]C)[O][Ti]([CH3])([C](C)(C)C)[C](C)(C)C. The van der Waals surface area contributed by atoms with Gasteiger partial charge in [0.2, 0.25) is 0 Å². The molecule has 0 aromatic carbocycles. The Morgan fingerprint density at radius 1 is 0.765 bits per heavy atom. The second-order valence-electron chi connectivity index (χ2n) is 7.79. The topological polar surface area (TPSA) is 9.23 Å². The van der Waals surface area contributed by atoms with Crippen LogP contribution in [-0.2, 0) is 35.9 Å². The van der Waals surface area contributed by atoms with E-state index in [4.69, 9.17) is 1.90 Å². The van der Waals surface area contributed by atoms with Crippen LogP contribution in [0.15, 0.2) is 0 Å². The molecule has 3 heteroatoms. The van der Waals surface area contributed by atoms with Crippen LogP contribution in [0.3, 0.4) is 0 Å². The summed E-state index contributed by atoms with van der Waals surface area (Å²) in [6.07, 6.45) is 0. The third kappa shape index (κ3) is 4.18. The summed E-state index contributed by atoms with van der Waals surface area (Å²) < 4.78 is 10.3. The van der Waals surface area contributed by atoms with Gasteiger partial charge in [0.15, 0.2) is 0 Å². The fraction of sp³-hybridized carbons (Fsp3) is 1.00. The summed E-state index contributed by atoms with van der Waals surface area (Å²) in [5.74, 6) is 0. The molecular weight excluding hydrogens is 280 g/mol. The van der Waals surface area contributed by atoms with Gasteiger partial charge in [0, 0.05) is 0 Å². The van der Waals surface area contributed by atoms with E-state index >= 15 is 0 Å². The van der Waals surface area contributed by atoms with Crippen molar-refractivity contribution < 1.29 is 35.9 Å². The minimum atomic E-state index is -2.34. The Labute approximate surface area is 118 Å². The Balaban J connectivity index is 5.40. The van der Waals surface area contributed by atoms with Gasteiger partial charge in [0.1, 0.15) is 0 Å². The summed E-state index contributed by atoms with van der Waals surface area (Å²) in [4.78, 5) is 0. The van der Waals surface area contributed by atoms with Crippen LogP contribution < -0.4 is 0 Å². The molecule has 0 aliphatic rings.